The molecule has 1 aromatic carbocycles. The molecule has 0 amide bonds. The van der Waals surface area contributed by atoms with Crippen molar-refractivity contribution in [1.29, 1.82) is 0 Å². The van der Waals surface area contributed by atoms with Crippen LogP contribution in [0.2, 0.25) is 0 Å². The van der Waals surface area contributed by atoms with Crippen LogP contribution in [0.15, 0.2) is 24.3 Å². The normalized spacial score (nSPS) is 29.2. The number of nitrogens with two attached hydrogens (primary N) is 1. The van der Waals surface area contributed by atoms with Crippen LogP contribution in [-0.4, -0.2) is 5.54 Å². The zero-order valence-electron chi connectivity index (χ0n) is 10.3. The van der Waals surface area contributed by atoms with Gasteiger partial charge in [-0.3, -0.25) is 0 Å². The minimum absolute atomic E-state index is 0.0820. The zero-order chi connectivity index (χ0) is 12.0. The third-order valence-corrected chi connectivity index (χ3v) is 4.37. The van der Waals surface area contributed by atoms with Gasteiger partial charge in [0.25, 0.3) is 0 Å². The van der Waals surface area contributed by atoms with Gasteiger partial charge in [-0.05, 0) is 30.0 Å². The van der Waals surface area contributed by atoms with Gasteiger partial charge in [-0.2, -0.15) is 0 Å². The highest BCUT2D eigenvalue weighted by Crippen LogP contribution is 2.55. The summed E-state index contributed by atoms with van der Waals surface area (Å²) in [6, 6.07) is 6.75. The van der Waals surface area contributed by atoms with Crippen LogP contribution in [0.25, 0.3) is 0 Å². The summed E-state index contributed by atoms with van der Waals surface area (Å²) in [7, 11) is 0. The van der Waals surface area contributed by atoms with Gasteiger partial charge in [-0.25, -0.2) is 4.39 Å². The Morgan fingerprint density at radius 1 is 1.38 bits per heavy atom. The molecule has 16 heavy (non-hydrogen) atoms. The third-order valence-electron chi connectivity index (χ3n) is 4.37. The Morgan fingerprint density at radius 2 is 1.94 bits per heavy atom. The van der Waals surface area contributed by atoms with Gasteiger partial charge in [-0.1, -0.05) is 39.3 Å². The van der Waals surface area contributed by atoms with Gasteiger partial charge in [0.15, 0.2) is 0 Å². The molecule has 1 saturated carbocycles. The molecule has 2 unspecified atom stereocenters. The third kappa shape index (κ3) is 1.56. The molecule has 1 aromatic rings. The van der Waals surface area contributed by atoms with E-state index < -0.39 is 0 Å². The maximum atomic E-state index is 12.9. The Bertz CT molecular complexity index is 382. The zero-order valence-corrected chi connectivity index (χ0v) is 10.3. The van der Waals surface area contributed by atoms with E-state index in [0.717, 1.165) is 18.4 Å². The van der Waals surface area contributed by atoms with Crippen LogP contribution in [0.1, 0.15) is 39.2 Å². The predicted octanol–water partition coefficient (Wildman–Crippen LogP) is 3.23. The minimum Gasteiger partial charge on any atom is -0.324 e. The molecule has 0 aliphatic heterocycles. The van der Waals surface area contributed by atoms with Crippen molar-refractivity contribution < 1.29 is 4.39 Å². The van der Waals surface area contributed by atoms with Crippen LogP contribution < -0.4 is 5.73 Å². The van der Waals surface area contributed by atoms with E-state index in [0.29, 0.717) is 5.92 Å². The number of hydrogen-bond donors (Lipinski definition) is 1. The van der Waals surface area contributed by atoms with E-state index in [1.807, 2.05) is 12.1 Å². The summed E-state index contributed by atoms with van der Waals surface area (Å²) in [5.74, 6) is 0.418. The summed E-state index contributed by atoms with van der Waals surface area (Å²) < 4.78 is 12.9. The maximum absolute atomic E-state index is 12.9. The largest absolute Gasteiger partial charge is 0.324 e. The van der Waals surface area contributed by atoms with Gasteiger partial charge < -0.3 is 5.73 Å². The topological polar surface area (TPSA) is 26.0 Å². The van der Waals surface area contributed by atoms with E-state index in [1.165, 1.54) is 12.1 Å². The van der Waals surface area contributed by atoms with Crippen LogP contribution in [0.3, 0.4) is 0 Å². The van der Waals surface area contributed by atoms with E-state index in [2.05, 4.69) is 20.8 Å². The molecule has 0 spiro atoms. The summed E-state index contributed by atoms with van der Waals surface area (Å²) in [4.78, 5) is 0. The lowest BCUT2D eigenvalue weighted by Gasteiger charge is -2.34. The first-order chi connectivity index (χ1) is 7.41. The van der Waals surface area contributed by atoms with Crippen LogP contribution in [-0.2, 0) is 5.41 Å². The van der Waals surface area contributed by atoms with Crippen molar-refractivity contribution in [2.24, 2.45) is 11.7 Å². The van der Waals surface area contributed by atoms with Gasteiger partial charge >= 0.3 is 0 Å². The van der Waals surface area contributed by atoms with Crippen LogP contribution in [0.5, 0.6) is 0 Å². The maximum Gasteiger partial charge on any atom is 0.123 e. The number of benzene rings is 1. The molecular formula is C14H20FN. The molecule has 2 N–H and O–H groups in total. The average molecular weight is 221 g/mol. The Kier molecular flexibility index (Phi) is 2.58. The first kappa shape index (κ1) is 11.6. The predicted molar refractivity (Wildman–Crippen MR) is 64.7 cm³/mol. The Labute approximate surface area is 96.9 Å². The monoisotopic (exact) mass is 221 g/mol. The first-order valence-corrected chi connectivity index (χ1v) is 5.96. The first-order valence-electron chi connectivity index (χ1n) is 5.96. The van der Waals surface area contributed by atoms with Crippen molar-refractivity contribution in [1.82, 2.24) is 0 Å². The van der Waals surface area contributed by atoms with E-state index >= 15 is 0 Å². The molecule has 0 saturated heterocycles. The van der Waals surface area contributed by atoms with E-state index in [-0.39, 0.29) is 16.8 Å². The Hall–Kier alpha value is -0.890. The molecule has 0 heterocycles. The standard InChI is InChI=1S/C14H20FN/c1-4-10-9-14(10,16)13(2,3)11-5-7-12(15)8-6-11/h5-8,10H,4,9,16H2,1-3H3. The highest BCUT2D eigenvalue weighted by atomic mass is 19.1. The molecule has 88 valence electrons. The summed E-state index contributed by atoms with van der Waals surface area (Å²) in [6.07, 6.45) is 2.20. The fourth-order valence-electron chi connectivity index (χ4n) is 2.76. The van der Waals surface area contributed by atoms with E-state index in [9.17, 15) is 4.39 Å². The highest BCUT2D eigenvalue weighted by molar-refractivity contribution is 5.34. The van der Waals surface area contributed by atoms with E-state index in [4.69, 9.17) is 5.73 Å². The SMILES string of the molecule is CCC1CC1(N)C(C)(C)c1ccc(F)cc1. The molecule has 1 fully saturated rings. The summed E-state index contributed by atoms with van der Waals surface area (Å²) in [5, 5.41) is 0. The van der Waals surface area contributed by atoms with Crippen molar-refractivity contribution in [3.63, 3.8) is 0 Å². The molecule has 2 rings (SSSR count). The summed E-state index contributed by atoms with van der Waals surface area (Å²) in [5.41, 5.74) is 7.39. The molecule has 1 nitrogen and oxygen atoms in total. The molecule has 2 heteroatoms. The Morgan fingerprint density at radius 3 is 2.38 bits per heavy atom. The molecule has 0 bridgehead atoms. The number of hydrogen-bond acceptors (Lipinski definition) is 1. The Balaban J connectivity index is 2.29. The smallest absolute Gasteiger partial charge is 0.123 e. The van der Waals surface area contributed by atoms with Gasteiger partial charge in [-0.15, -0.1) is 0 Å². The van der Waals surface area contributed by atoms with Crippen molar-refractivity contribution in [3.8, 4) is 0 Å². The van der Waals surface area contributed by atoms with Crippen molar-refractivity contribution in [3.05, 3.63) is 35.6 Å². The molecular weight excluding hydrogens is 201 g/mol. The molecule has 2 atom stereocenters. The second kappa shape index (κ2) is 3.56. The summed E-state index contributed by atoms with van der Waals surface area (Å²) in [6.45, 7) is 6.51. The van der Waals surface area contributed by atoms with Crippen LogP contribution in [0, 0.1) is 11.7 Å². The van der Waals surface area contributed by atoms with Crippen molar-refractivity contribution >= 4 is 0 Å². The molecule has 1 aliphatic carbocycles. The molecule has 0 radical (unpaired) electrons. The molecule has 0 aromatic heterocycles. The van der Waals surface area contributed by atoms with Gasteiger partial charge in [0.05, 0.1) is 0 Å². The van der Waals surface area contributed by atoms with Crippen LogP contribution in [0.4, 0.5) is 4.39 Å². The minimum atomic E-state index is -0.187. The molecule has 1 aliphatic rings. The second-order valence-electron chi connectivity index (χ2n) is 5.48. The van der Waals surface area contributed by atoms with Crippen LogP contribution >= 0.6 is 0 Å². The summed E-state index contributed by atoms with van der Waals surface area (Å²) >= 11 is 0. The number of rotatable bonds is 3. The second-order valence-corrected chi connectivity index (χ2v) is 5.48. The van der Waals surface area contributed by atoms with E-state index in [1.54, 1.807) is 0 Å². The van der Waals surface area contributed by atoms with Crippen molar-refractivity contribution in [2.75, 3.05) is 0 Å². The van der Waals surface area contributed by atoms with Crippen molar-refractivity contribution in [2.45, 2.75) is 44.6 Å². The average Bonchev–Trinajstić information content (AvgIpc) is 2.92. The fourth-order valence-corrected chi connectivity index (χ4v) is 2.76. The highest BCUT2D eigenvalue weighted by Gasteiger charge is 2.59. The lowest BCUT2D eigenvalue weighted by atomic mass is 9.74. The lowest BCUT2D eigenvalue weighted by molar-refractivity contribution is 0.359. The number of halogens is 1. The fraction of sp³-hybridized carbons (Fsp3) is 0.571. The van der Waals surface area contributed by atoms with Gasteiger partial charge in [0, 0.05) is 11.0 Å². The van der Waals surface area contributed by atoms with Gasteiger partial charge in [0.2, 0.25) is 0 Å². The van der Waals surface area contributed by atoms with Gasteiger partial charge in [0.1, 0.15) is 5.82 Å². The quantitative estimate of drug-likeness (QED) is 0.833. The lowest BCUT2D eigenvalue weighted by Crippen LogP contribution is -2.45.